The van der Waals surface area contributed by atoms with Crippen LogP contribution in [-0.4, -0.2) is 36.0 Å². The van der Waals surface area contributed by atoms with Gasteiger partial charge in [0.1, 0.15) is 5.75 Å². The molecule has 1 fully saturated rings. The maximum Gasteiger partial charge on any atom is 0.119 e. The van der Waals surface area contributed by atoms with Crippen LogP contribution in [0.3, 0.4) is 0 Å². The number of hydrogen-bond donors (Lipinski definition) is 0. The highest BCUT2D eigenvalue weighted by Gasteiger charge is 2.20. The predicted octanol–water partition coefficient (Wildman–Crippen LogP) is 6.32. The number of benzene rings is 3. The number of piperidine rings is 1. The summed E-state index contributed by atoms with van der Waals surface area (Å²) in [5.74, 6) is 1.83. The lowest BCUT2D eigenvalue weighted by molar-refractivity contribution is 0.157. The van der Waals surface area contributed by atoms with E-state index in [9.17, 15) is 0 Å². The van der Waals surface area contributed by atoms with Crippen LogP contribution in [0.4, 0.5) is 0 Å². The second-order valence-electron chi connectivity index (χ2n) is 10.1. The molecule has 5 rings (SSSR count). The highest BCUT2D eigenvalue weighted by Crippen LogP contribution is 2.26. The number of nitrogens with zero attached hydrogens (tertiary/aromatic N) is 2. The highest BCUT2D eigenvalue weighted by atomic mass is 16.5. The van der Waals surface area contributed by atoms with Gasteiger partial charge in [-0.15, -0.1) is 0 Å². The molecule has 2 aliphatic rings. The molecule has 3 heteroatoms. The monoisotopic (exact) mass is 454 g/mol. The summed E-state index contributed by atoms with van der Waals surface area (Å²) in [5.41, 5.74) is 5.76. The third kappa shape index (κ3) is 6.49. The van der Waals surface area contributed by atoms with Gasteiger partial charge in [0.15, 0.2) is 0 Å². The Morgan fingerprint density at radius 2 is 1.38 bits per heavy atom. The van der Waals surface area contributed by atoms with Crippen LogP contribution in [0, 0.1) is 5.92 Å². The van der Waals surface area contributed by atoms with Crippen molar-refractivity contribution in [3.8, 4) is 5.75 Å². The summed E-state index contributed by atoms with van der Waals surface area (Å²) in [7, 11) is 0. The molecule has 0 spiro atoms. The molecular weight excluding hydrogens is 416 g/mol. The normalized spacial score (nSPS) is 17.8. The molecule has 3 aromatic rings. The van der Waals surface area contributed by atoms with Gasteiger partial charge < -0.3 is 4.74 Å². The number of rotatable bonds is 8. The summed E-state index contributed by atoms with van der Waals surface area (Å²) in [5, 5.41) is 0. The minimum absolute atomic E-state index is 0.786. The Labute approximate surface area is 205 Å². The average molecular weight is 455 g/mol. The number of ether oxygens (including phenoxy) is 1. The van der Waals surface area contributed by atoms with Crippen molar-refractivity contribution < 1.29 is 4.74 Å². The van der Waals surface area contributed by atoms with Crippen LogP contribution in [0.1, 0.15) is 47.9 Å². The number of likely N-dealkylation sites (tertiary alicyclic amines) is 1. The Kier molecular flexibility index (Phi) is 7.95. The zero-order chi connectivity index (χ0) is 23.0. The SMILES string of the molecule is c1ccc(CN2CCC(CCOc3ccc4c(c3)CN(Cc3ccccc3)CCC4)CC2)cc1. The molecule has 0 bridgehead atoms. The maximum absolute atomic E-state index is 6.26. The van der Waals surface area contributed by atoms with Crippen molar-refractivity contribution in [3.05, 3.63) is 101 Å². The molecule has 0 atom stereocenters. The molecule has 178 valence electrons. The van der Waals surface area contributed by atoms with Gasteiger partial charge in [0.2, 0.25) is 0 Å². The predicted molar refractivity (Wildman–Crippen MR) is 140 cm³/mol. The van der Waals surface area contributed by atoms with E-state index in [1.54, 1.807) is 0 Å². The van der Waals surface area contributed by atoms with Crippen LogP contribution in [0.5, 0.6) is 5.75 Å². The first-order valence-electron chi connectivity index (χ1n) is 13.1. The lowest BCUT2D eigenvalue weighted by atomic mass is 9.93. The quantitative estimate of drug-likeness (QED) is 0.396. The minimum Gasteiger partial charge on any atom is -0.494 e. The first-order chi connectivity index (χ1) is 16.8. The molecule has 0 radical (unpaired) electrons. The van der Waals surface area contributed by atoms with E-state index in [0.29, 0.717) is 0 Å². The molecule has 1 saturated heterocycles. The molecule has 0 aliphatic carbocycles. The van der Waals surface area contributed by atoms with E-state index in [1.165, 1.54) is 61.0 Å². The Morgan fingerprint density at radius 3 is 2.09 bits per heavy atom. The van der Waals surface area contributed by atoms with Gasteiger partial charge in [-0.3, -0.25) is 9.80 Å². The second-order valence-corrected chi connectivity index (χ2v) is 10.1. The Hall–Kier alpha value is -2.62. The molecule has 2 heterocycles. The first kappa shape index (κ1) is 23.1. The molecule has 34 heavy (non-hydrogen) atoms. The molecule has 0 aromatic heterocycles. The molecule has 0 amide bonds. The topological polar surface area (TPSA) is 15.7 Å². The van der Waals surface area contributed by atoms with Gasteiger partial charge in [-0.05, 0) is 92.0 Å². The van der Waals surface area contributed by atoms with Crippen molar-refractivity contribution in [2.75, 3.05) is 26.2 Å². The zero-order valence-electron chi connectivity index (χ0n) is 20.4. The zero-order valence-corrected chi connectivity index (χ0v) is 20.4. The van der Waals surface area contributed by atoms with Crippen LogP contribution >= 0.6 is 0 Å². The van der Waals surface area contributed by atoms with E-state index in [1.807, 2.05) is 0 Å². The summed E-state index contributed by atoms with van der Waals surface area (Å²) in [6.45, 7) is 7.51. The summed E-state index contributed by atoms with van der Waals surface area (Å²) >= 11 is 0. The highest BCUT2D eigenvalue weighted by molar-refractivity contribution is 5.36. The van der Waals surface area contributed by atoms with Gasteiger partial charge in [-0.1, -0.05) is 66.7 Å². The molecule has 3 nitrogen and oxygen atoms in total. The van der Waals surface area contributed by atoms with Crippen LogP contribution in [0.15, 0.2) is 78.9 Å². The first-order valence-corrected chi connectivity index (χ1v) is 13.1. The molecule has 3 aromatic carbocycles. The standard InChI is InChI=1S/C31H38N2O/c1-3-8-27(9-4-1)23-32-19-15-26(16-20-32)17-21-34-31-14-13-29-12-7-18-33(25-30(29)22-31)24-28-10-5-2-6-11-28/h1-6,8-11,13-14,22,26H,7,12,15-21,23-25H2. The number of hydrogen-bond acceptors (Lipinski definition) is 3. The van der Waals surface area contributed by atoms with Crippen molar-refractivity contribution in [1.82, 2.24) is 9.80 Å². The minimum atomic E-state index is 0.786. The van der Waals surface area contributed by atoms with E-state index in [0.717, 1.165) is 50.9 Å². The van der Waals surface area contributed by atoms with E-state index in [2.05, 4.69) is 88.7 Å². The fraction of sp³-hybridized carbons (Fsp3) is 0.419. The largest absolute Gasteiger partial charge is 0.494 e. The Bertz CT molecular complexity index is 1010. The molecule has 2 aliphatic heterocycles. The van der Waals surface area contributed by atoms with Crippen LogP contribution < -0.4 is 4.74 Å². The lowest BCUT2D eigenvalue weighted by Gasteiger charge is -2.32. The number of fused-ring (bicyclic) bond motifs is 1. The van der Waals surface area contributed by atoms with Crippen molar-refractivity contribution >= 4 is 0 Å². The second kappa shape index (κ2) is 11.7. The van der Waals surface area contributed by atoms with E-state index < -0.39 is 0 Å². The van der Waals surface area contributed by atoms with Gasteiger partial charge >= 0.3 is 0 Å². The van der Waals surface area contributed by atoms with Crippen LogP contribution in [0.2, 0.25) is 0 Å². The van der Waals surface area contributed by atoms with Gasteiger partial charge in [0.05, 0.1) is 6.61 Å². The Balaban J connectivity index is 1.08. The van der Waals surface area contributed by atoms with Crippen LogP contribution in [0.25, 0.3) is 0 Å². The molecular formula is C31H38N2O. The van der Waals surface area contributed by atoms with Gasteiger partial charge in [0, 0.05) is 19.6 Å². The van der Waals surface area contributed by atoms with Crippen molar-refractivity contribution in [2.45, 2.75) is 51.7 Å². The third-order valence-electron chi connectivity index (χ3n) is 7.49. The molecule has 0 saturated carbocycles. The van der Waals surface area contributed by atoms with Crippen molar-refractivity contribution in [2.24, 2.45) is 5.92 Å². The molecule has 0 unspecified atom stereocenters. The van der Waals surface area contributed by atoms with Gasteiger partial charge in [0.25, 0.3) is 0 Å². The molecule has 0 N–H and O–H groups in total. The van der Waals surface area contributed by atoms with E-state index >= 15 is 0 Å². The summed E-state index contributed by atoms with van der Waals surface area (Å²) in [6, 6.07) is 28.5. The summed E-state index contributed by atoms with van der Waals surface area (Å²) < 4.78 is 6.26. The third-order valence-corrected chi connectivity index (χ3v) is 7.49. The number of aryl methyl sites for hydroxylation is 1. The van der Waals surface area contributed by atoms with Gasteiger partial charge in [-0.25, -0.2) is 0 Å². The summed E-state index contributed by atoms with van der Waals surface area (Å²) in [6.07, 6.45) is 6.13. The average Bonchev–Trinajstić information content (AvgIpc) is 3.08. The van der Waals surface area contributed by atoms with Crippen molar-refractivity contribution in [1.29, 1.82) is 0 Å². The summed E-state index contributed by atoms with van der Waals surface area (Å²) in [4.78, 5) is 5.18. The van der Waals surface area contributed by atoms with E-state index in [4.69, 9.17) is 4.74 Å². The van der Waals surface area contributed by atoms with Crippen LogP contribution in [-0.2, 0) is 26.1 Å². The lowest BCUT2D eigenvalue weighted by Crippen LogP contribution is -2.33. The fourth-order valence-corrected chi connectivity index (χ4v) is 5.49. The Morgan fingerprint density at radius 1 is 0.706 bits per heavy atom. The maximum atomic E-state index is 6.26. The van der Waals surface area contributed by atoms with Crippen molar-refractivity contribution in [3.63, 3.8) is 0 Å². The van der Waals surface area contributed by atoms with Gasteiger partial charge in [-0.2, -0.15) is 0 Å². The van der Waals surface area contributed by atoms with E-state index in [-0.39, 0.29) is 0 Å². The fourth-order valence-electron chi connectivity index (χ4n) is 5.49. The smallest absolute Gasteiger partial charge is 0.119 e.